The second kappa shape index (κ2) is 8.67. The molecule has 16 heavy (non-hydrogen) atoms. The lowest BCUT2D eigenvalue weighted by Crippen LogP contribution is -2.15. The second-order valence-corrected chi connectivity index (χ2v) is 3.00. The molecule has 0 saturated carbocycles. The summed E-state index contributed by atoms with van der Waals surface area (Å²) < 4.78 is 9.50. The molecule has 0 rings (SSSR count). The summed E-state index contributed by atoms with van der Waals surface area (Å²) in [6, 6.07) is 0. The molecule has 0 aromatic carbocycles. The van der Waals surface area contributed by atoms with Gasteiger partial charge >= 0.3 is 11.9 Å². The van der Waals surface area contributed by atoms with Crippen molar-refractivity contribution in [2.75, 3.05) is 19.8 Å². The van der Waals surface area contributed by atoms with E-state index >= 15 is 0 Å². The number of rotatable bonds is 8. The number of carbonyl (C=O) groups is 2. The number of carbonyl (C=O) groups excluding carboxylic acids is 2. The van der Waals surface area contributed by atoms with Crippen LogP contribution in [0.15, 0.2) is 24.8 Å². The van der Waals surface area contributed by atoms with Crippen LogP contribution in [-0.4, -0.2) is 31.7 Å². The zero-order chi connectivity index (χ0) is 12.4. The van der Waals surface area contributed by atoms with Gasteiger partial charge in [-0.25, -0.2) is 9.59 Å². The van der Waals surface area contributed by atoms with E-state index in [0.29, 0.717) is 18.4 Å². The number of hydrogen-bond donors (Lipinski definition) is 1. The van der Waals surface area contributed by atoms with Gasteiger partial charge in [-0.05, 0) is 12.8 Å². The highest BCUT2D eigenvalue weighted by Crippen LogP contribution is 2.04. The Morgan fingerprint density at radius 1 is 1.25 bits per heavy atom. The van der Waals surface area contributed by atoms with Crippen molar-refractivity contribution < 1.29 is 19.1 Å². The van der Waals surface area contributed by atoms with Crippen molar-refractivity contribution in [3.8, 4) is 0 Å². The van der Waals surface area contributed by atoms with Crippen molar-refractivity contribution in [2.24, 2.45) is 5.73 Å². The molecule has 0 spiro atoms. The van der Waals surface area contributed by atoms with Crippen LogP contribution in [0.4, 0.5) is 0 Å². The molecule has 0 atom stereocenters. The van der Waals surface area contributed by atoms with E-state index in [2.05, 4.69) is 13.2 Å². The molecule has 0 bridgehead atoms. The predicted octanol–water partition coefficient (Wildman–Crippen LogP) is 0.554. The van der Waals surface area contributed by atoms with E-state index in [4.69, 9.17) is 15.2 Å². The summed E-state index contributed by atoms with van der Waals surface area (Å²) in [5.74, 6) is -0.934. The number of nitrogens with two attached hydrogens (primary N) is 1. The maximum Gasteiger partial charge on any atom is 0.333 e. The summed E-state index contributed by atoms with van der Waals surface area (Å²) in [5.41, 5.74) is 5.52. The van der Waals surface area contributed by atoms with Crippen LogP contribution in [0.3, 0.4) is 0 Å². The summed E-state index contributed by atoms with van der Waals surface area (Å²) in [7, 11) is 0. The van der Waals surface area contributed by atoms with Gasteiger partial charge < -0.3 is 15.2 Å². The van der Waals surface area contributed by atoms with Gasteiger partial charge in [0.25, 0.3) is 0 Å². The number of hydrogen-bond acceptors (Lipinski definition) is 5. The molecular formula is C11H17NO4. The highest BCUT2D eigenvalue weighted by molar-refractivity contribution is 5.87. The maximum absolute atomic E-state index is 11.2. The van der Waals surface area contributed by atoms with Crippen LogP contribution < -0.4 is 5.73 Å². The molecule has 0 heterocycles. The molecule has 5 heteroatoms. The lowest BCUT2D eigenvalue weighted by Gasteiger charge is -2.06. The van der Waals surface area contributed by atoms with E-state index in [1.807, 2.05) is 0 Å². The van der Waals surface area contributed by atoms with Gasteiger partial charge in [0.15, 0.2) is 0 Å². The van der Waals surface area contributed by atoms with Crippen molar-refractivity contribution in [1.82, 2.24) is 0 Å². The van der Waals surface area contributed by atoms with Crippen molar-refractivity contribution in [1.29, 1.82) is 0 Å². The zero-order valence-electron chi connectivity index (χ0n) is 9.24. The minimum Gasteiger partial charge on any atom is -0.463 e. The van der Waals surface area contributed by atoms with Crippen LogP contribution in [0.2, 0.25) is 0 Å². The quantitative estimate of drug-likeness (QED) is 0.372. The Hall–Kier alpha value is -1.62. The summed E-state index contributed by atoms with van der Waals surface area (Å²) in [4.78, 5) is 21.8. The maximum atomic E-state index is 11.2. The molecule has 0 aliphatic rings. The zero-order valence-corrected chi connectivity index (χ0v) is 9.24. The van der Waals surface area contributed by atoms with E-state index in [1.54, 1.807) is 0 Å². The van der Waals surface area contributed by atoms with Gasteiger partial charge in [-0.15, -0.1) is 0 Å². The van der Waals surface area contributed by atoms with Crippen molar-refractivity contribution >= 4 is 11.9 Å². The highest BCUT2D eigenvalue weighted by Gasteiger charge is 2.07. The average Bonchev–Trinajstić information content (AvgIpc) is 2.30. The Balaban J connectivity index is 3.61. The SMILES string of the molecule is C=CC(=O)OCCCC(=C)C(=O)OCCN. The molecule has 2 N–H and O–H groups in total. The molecular weight excluding hydrogens is 210 g/mol. The molecule has 0 unspecified atom stereocenters. The smallest absolute Gasteiger partial charge is 0.333 e. The van der Waals surface area contributed by atoms with Gasteiger partial charge in [0, 0.05) is 18.2 Å². The van der Waals surface area contributed by atoms with Crippen molar-refractivity contribution in [3.63, 3.8) is 0 Å². The Bertz CT molecular complexity index is 273. The van der Waals surface area contributed by atoms with Gasteiger partial charge in [0.2, 0.25) is 0 Å². The average molecular weight is 227 g/mol. The van der Waals surface area contributed by atoms with Crippen molar-refractivity contribution in [2.45, 2.75) is 12.8 Å². The molecule has 90 valence electrons. The van der Waals surface area contributed by atoms with Gasteiger partial charge in [-0.1, -0.05) is 13.2 Å². The van der Waals surface area contributed by atoms with Gasteiger partial charge in [-0.3, -0.25) is 0 Å². The fraction of sp³-hybridized carbons (Fsp3) is 0.455. The van der Waals surface area contributed by atoms with Crippen LogP contribution in [0.1, 0.15) is 12.8 Å². The summed E-state index contributed by atoms with van der Waals surface area (Å²) in [5, 5.41) is 0. The lowest BCUT2D eigenvalue weighted by molar-refractivity contribution is -0.138. The van der Waals surface area contributed by atoms with Crippen molar-refractivity contribution in [3.05, 3.63) is 24.8 Å². The molecule has 5 nitrogen and oxygen atoms in total. The van der Waals surface area contributed by atoms with Crippen LogP contribution in [0, 0.1) is 0 Å². The Labute approximate surface area is 94.9 Å². The van der Waals surface area contributed by atoms with Crippen LogP contribution >= 0.6 is 0 Å². The fourth-order valence-corrected chi connectivity index (χ4v) is 0.873. The first-order valence-corrected chi connectivity index (χ1v) is 4.96. The normalized spacial score (nSPS) is 9.31. The third kappa shape index (κ3) is 6.78. The molecule has 0 saturated heterocycles. The van der Waals surface area contributed by atoms with Gasteiger partial charge in [-0.2, -0.15) is 0 Å². The summed E-state index contributed by atoms with van der Waals surface area (Å²) in [6.07, 6.45) is 2.04. The Kier molecular flexibility index (Phi) is 7.79. The topological polar surface area (TPSA) is 78.6 Å². The molecule has 0 aliphatic heterocycles. The molecule has 0 aromatic rings. The van der Waals surface area contributed by atoms with Gasteiger partial charge in [0.05, 0.1) is 6.61 Å². The van der Waals surface area contributed by atoms with Crippen LogP contribution in [0.5, 0.6) is 0 Å². The predicted molar refractivity (Wildman–Crippen MR) is 59.5 cm³/mol. The van der Waals surface area contributed by atoms with Crippen LogP contribution in [-0.2, 0) is 19.1 Å². The largest absolute Gasteiger partial charge is 0.463 e. The third-order valence-electron chi connectivity index (χ3n) is 1.67. The van der Waals surface area contributed by atoms with Crippen LogP contribution in [0.25, 0.3) is 0 Å². The van der Waals surface area contributed by atoms with E-state index in [0.717, 1.165) is 6.08 Å². The molecule has 0 radical (unpaired) electrons. The highest BCUT2D eigenvalue weighted by atomic mass is 16.5. The van der Waals surface area contributed by atoms with E-state index < -0.39 is 11.9 Å². The number of ether oxygens (including phenoxy) is 2. The van der Waals surface area contributed by atoms with E-state index in [9.17, 15) is 9.59 Å². The number of esters is 2. The summed E-state index contributed by atoms with van der Waals surface area (Å²) in [6.45, 7) is 7.53. The van der Waals surface area contributed by atoms with E-state index in [-0.39, 0.29) is 19.8 Å². The van der Waals surface area contributed by atoms with E-state index in [1.165, 1.54) is 0 Å². The molecule has 0 fully saturated rings. The molecule has 0 amide bonds. The standard InChI is InChI=1S/C11H17NO4/c1-3-10(13)15-7-4-5-9(2)11(14)16-8-6-12/h3H,1-2,4-8,12H2. The monoisotopic (exact) mass is 227 g/mol. The summed E-state index contributed by atoms with van der Waals surface area (Å²) >= 11 is 0. The Morgan fingerprint density at radius 2 is 1.94 bits per heavy atom. The van der Waals surface area contributed by atoms with Gasteiger partial charge in [0.1, 0.15) is 6.61 Å². The second-order valence-electron chi connectivity index (χ2n) is 3.00. The first-order valence-electron chi connectivity index (χ1n) is 4.96. The minimum atomic E-state index is -0.476. The lowest BCUT2D eigenvalue weighted by atomic mass is 10.2. The first kappa shape index (κ1) is 14.4. The fourth-order valence-electron chi connectivity index (χ4n) is 0.873. The first-order chi connectivity index (χ1) is 7.61. The molecule has 0 aliphatic carbocycles. The Morgan fingerprint density at radius 3 is 2.50 bits per heavy atom. The minimum absolute atomic E-state index is 0.184. The molecule has 0 aromatic heterocycles. The third-order valence-corrected chi connectivity index (χ3v) is 1.67.